The lowest BCUT2D eigenvalue weighted by Crippen LogP contribution is -2.28. The Kier molecular flexibility index (Phi) is 5.04. The number of fused-ring (bicyclic) bond motifs is 1. The number of nitro benzene ring substituents is 1. The van der Waals surface area contributed by atoms with Crippen molar-refractivity contribution in [3.8, 4) is 0 Å². The Labute approximate surface area is 174 Å². The molecule has 7 nitrogen and oxygen atoms in total. The highest BCUT2D eigenvalue weighted by Crippen LogP contribution is 2.32. The molecule has 1 aliphatic rings. The zero-order valence-electron chi connectivity index (χ0n) is 14.9. The van der Waals surface area contributed by atoms with Crippen molar-refractivity contribution in [3.63, 3.8) is 0 Å². The third-order valence-corrected chi connectivity index (χ3v) is 5.79. The average molecular weight is 428 g/mol. The van der Waals surface area contributed by atoms with Gasteiger partial charge in [-0.1, -0.05) is 17.7 Å². The zero-order chi connectivity index (χ0) is 20.5. The second-order valence-corrected chi connectivity index (χ2v) is 7.76. The molecule has 29 heavy (non-hydrogen) atoms. The number of carbonyl (C=O) groups excluding carboxylic acids is 2. The molecule has 1 aromatic heterocycles. The summed E-state index contributed by atoms with van der Waals surface area (Å²) in [6.07, 6.45) is 0.689. The van der Waals surface area contributed by atoms with Crippen molar-refractivity contribution in [1.29, 1.82) is 0 Å². The molecule has 2 aromatic carbocycles. The van der Waals surface area contributed by atoms with E-state index >= 15 is 0 Å². The van der Waals surface area contributed by atoms with Crippen molar-refractivity contribution in [1.82, 2.24) is 0 Å². The molecule has 1 N–H and O–H groups in total. The Morgan fingerprint density at radius 3 is 2.69 bits per heavy atom. The number of amides is 2. The van der Waals surface area contributed by atoms with Gasteiger partial charge in [-0.15, -0.1) is 11.3 Å². The molecule has 2 amide bonds. The van der Waals surface area contributed by atoms with Gasteiger partial charge in [0.15, 0.2) is 0 Å². The SMILES string of the molecule is O=C(Nc1ccc2c(c1)CCN2C(=O)c1cccs1)c1ccc([N+](=O)[O-])cc1Cl. The highest BCUT2D eigenvalue weighted by atomic mass is 35.5. The maximum absolute atomic E-state index is 12.6. The van der Waals surface area contributed by atoms with E-state index in [-0.39, 0.29) is 22.2 Å². The monoisotopic (exact) mass is 427 g/mol. The predicted molar refractivity (Wildman–Crippen MR) is 112 cm³/mol. The van der Waals surface area contributed by atoms with Crippen LogP contribution in [0.2, 0.25) is 5.02 Å². The van der Waals surface area contributed by atoms with Crippen LogP contribution in [0.3, 0.4) is 0 Å². The Balaban J connectivity index is 1.52. The summed E-state index contributed by atoms with van der Waals surface area (Å²) in [7, 11) is 0. The molecule has 0 fully saturated rings. The lowest BCUT2D eigenvalue weighted by molar-refractivity contribution is -0.384. The smallest absolute Gasteiger partial charge is 0.270 e. The van der Waals surface area contributed by atoms with Crippen molar-refractivity contribution < 1.29 is 14.5 Å². The van der Waals surface area contributed by atoms with Gasteiger partial charge < -0.3 is 10.2 Å². The van der Waals surface area contributed by atoms with E-state index in [1.807, 2.05) is 17.5 Å². The third-order valence-electron chi connectivity index (χ3n) is 4.62. The summed E-state index contributed by atoms with van der Waals surface area (Å²) in [5.41, 5.74) is 2.32. The number of thiophene rings is 1. The first-order valence-corrected chi connectivity index (χ1v) is 9.93. The summed E-state index contributed by atoms with van der Waals surface area (Å²) in [5, 5.41) is 15.4. The number of nitrogens with zero attached hydrogens (tertiary/aromatic N) is 2. The van der Waals surface area contributed by atoms with Crippen molar-refractivity contribution in [2.45, 2.75) is 6.42 Å². The van der Waals surface area contributed by atoms with Gasteiger partial charge in [0, 0.05) is 30.1 Å². The molecule has 0 spiro atoms. The summed E-state index contributed by atoms with van der Waals surface area (Å²) in [6.45, 7) is 0.581. The molecule has 0 unspecified atom stereocenters. The van der Waals surface area contributed by atoms with Crippen LogP contribution in [0.15, 0.2) is 53.9 Å². The number of benzene rings is 2. The van der Waals surface area contributed by atoms with E-state index < -0.39 is 10.8 Å². The van der Waals surface area contributed by atoms with Crippen molar-refractivity contribution >= 4 is 51.8 Å². The molecule has 4 rings (SSSR count). The number of anilines is 2. The second-order valence-electron chi connectivity index (χ2n) is 6.40. The van der Waals surface area contributed by atoms with E-state index in [0.717, 1.165) is 17.3 Å². The highest BCUT2D eigenvalue weighted by Gasteiger charge is 2.26. The van der Waals surface area contributed by atoms with Crippen LogP contribution in [-0.2, 0) is 6.42 Å². The van der Waals surface area contributed by atoms with Crippen molar-refractivity contribution in [2.24, 2.45) is 0 Å². The van der Waals surface area contributed by atoms with Gasteiger partial charge in [-0.3, -0.25) is 19.7 Å². The first-order valence-electron chi connectivity index (χ1n) is 8.67. The molecule has 3 aromatic rings. The summed E-state index contributed by atoms with van der Waals surface area (Å²) >= 11 is 7.43. The maximum atomic E-state index is 12.6. The molecule has 146 valence electrons. The van der Waals surface area contributed by atoms with E-state index in [4.69, 9.17) is 11.6 Å². The van der Waals surface area contributed by atoms with E-state index in [1.165, 1.54) is 23.5 Å². The van der Waals surface area contributed by atoms with Crippen LogP contribution in [0.4, 0.5) is 17.1 Å². The lowest BCUT2D eigenvalue weighted by atomic mass is 10.1. The number of carbonyl (C=O) groups is 2. The molecule has 0 radical (unpaired) electrons. The number of nitro groups is 1. The summed E-state index contributed by atoms with van der Waals surface area (Å²) in [5.74, 6) is -0.498. The quantitative estimate of drug-likeness (QED) is 0.479. The Bertz CT molecular complexity index is 1130. The zero-order valence-corrected chi connectivity index (χ0v) is 16.5. The molecule has 2 heterocycles. The fourth-order valence-electron chi connectivity index (χ4n) is 3.22. The third kappa shape index (κ3) is 3.72. The fourth-order valence-corrected chi connectivity index (χ4v) is 4.16. The summed E-state index contributed by atoms with van der Waals surface area (Å²) < 4.78 is 0. The van der Waals surface area contributed by atoms with Gasteiger partial charge in [0.25, 0.3) is 17.5 Å². The molecular formula is C20H14ClN3O4S. The number of halogens is 1. The van der Waals surface area contributed by atoms with Crippen molar-refractivity contribution in [2.75, 3.05) is 16.8 Å². The molecule has 0 saturated carbocycles. The minimum absolute atomic E-state index is 0.00517. The lowest BCUT2D eigenvalue weighted by Gasteiger charge is -2.16. The largest absolute Gasteiger partial charge is 0.322 e. The number of rotatable bonds is 4. The highest BCUT2D eigenvalue weighted by molar-refractivity contribution is 7.12. The molecule has 9 heteroatoms. The van der Waals surface area contributed by atoms with Gasteiger partial charge in [-0.2, -0.15) is 0 Å². The van der Waals surface area contributed by atoms with Crippen LogP contribution in [0.1, 0.15) is 25.6 Å². The minimum atomic E-state index is -0.572. The molecule has 0 saturated heterocycles. The van der Waals surface area contributed by atoms with Crippen LogP contribution < -0.4 is 10.2 Å². The number of hydrogen-bond acceptors (Lipinski definition) is 5. The molecular weight excluding hydrogens is 414 g/mol. The van der Waals surface area contributed by atoms with Gasteiger partial charge in [-0.05, 0) is 47.7 Å². The van der Waals surface area contributed by atoms with Gasteiger partial charge in [0.2, 0.25) is 0 Å². The van der Waals surface area contributed by atoms with E-state index in [9.17, 15) is 19.7 Å². The van der Waals surface area contributed by atoms with Crippen LogP contribution in [0.25, 0.3) is 0 Å². The molecule has 0 aliphatic carbocycles. The topological polar surface area (TPSA) is 92.6 Å². The van der Waals surface area contributed by atoms with Gasteiger partial charge in [0.05, 0.1) is 20.4 Å². The van der Waals surface area contributed by atoms with Gasteiger partial charge >= 0.3 is 0 Å². The minimum Gasteiger partial charge on any atom is -0.322 e. The second kappa shape index (κ2) is 7.65. The summed E-state index contributed by atoms with van der Waals surface area (Å²) in [6, 6.07) is 12.7. The normalized spacial score (nSPS) is 12.5. The molecule has 0 bridgehead atoms. The average Bonchev–Trinajstić information content (AvgIpc) is 3.37. The van der Waals surface area contributed by atoms with Gasteiger partial charge in [-0.25, -0.2) is 0 Å². The maximum Gasteiger partial charge on any atom is 0.270 e. The van der Waals surface area contributed by atoms with Crippen LogP contribution in [0, 0.1) is 10.1 Å². The Hall–Kier alpha value is -3.23. The van der Waals surface area contributed by atoms with Crippen LogP contribution in [-0.4, -0.2) is 23.3 Å². The van der Waals surface area contributed by atoms with E-state index in [1.54, 1.807) is 23.1 Å². The Morgan fingerprint density at radius 1 is 1.17 bits per heavy atom. The number of hydrogen-bond donors (Lipinski definition) is 1. The van der Waals surface area contributed by atoms with Crippen LogP contribution >= 0.6 is 22.9 Å². The fraction of sp³-hybridized carbons (Fsp3) is 0.100. The van der Waals surface area contributed by atoms with Gasteiger partial charge in [0.1, 0.15) is 0 Å². The summed E-state index contributed by atoms with van der Waals surface area (Å²) in [4.78, 5) is 37.8. The molecule has 0 atom stereocenters. The number of nitrogens with one attached hydrogen (secondary N) is 1. The standard InChI is InChI=1S/C20H14ClN3O4S/c21-16-11-14(24(27)28)4-5-15(16)19(25)22-13-3-6-17-12(10-13)7-8-23(17)20(26)18-2-1-9-29-18/h1-6,9-11H,7-8H2,(H,22,25). The predicted octanol–water partition coefficient (Wildman–Crippen LogP) is 4.76. The number of non-ortho nitro benzene ring substituents is 1. The van der Waals surface area contributed by atoms with E-state index in [0.29, 0.717) is 23.5 Å². The van der Waals surface area contributed by atoms with E-state index in [2.05, 4.69) is 5.32 Å². The Morgan fingerprint density at radius 2 is 2.00 bits per heavy atom. The van der Waals surface area contributed by atoms with Crippen LogP contribution in [0.5, 0.6) is 0 Å². The molecule has 1 aliphatic heterocycles. The first kappa shape index (κ1) is 19.1. The van der Waals surface area contributed by atoms with Crippen molar-refractivity contribution in [3.05, 3.63) is 85.1 Å². The first-order chi connectivity index (χ1) is 13.9.